The van der Waals surface area contributed by atoms with Crippen molar-refractivity contribution in [3.63, 3.8) is 0 Å². The molecule has 4 unspecified atom stereocenters. The SMILES string of the molecule is COCC(C)(F)C(=O)N1CC2(CC2)[C@H](NS(=O)(=O)CF)[C@@H]1CC1CCCC(C2CCCCC2)C1F. The molecule has 4 rings (SSSR count). The number of ether oxygens (including phenoxy) is 1. The highest BCUT2D eigenvalue weighted by Crippen LogP contribution is 2.57. The molecule has 4 aliphatic rings. The minimum Gasteiger partial charge on any atom is -0.381 e. The van der Waals surface area contributed by atoms with Crippen LogP contribution in [0.3, 0.4) is 0 Å². The molecule has 0 radical (unpaired) electrons. The van der Waals surface area contributed by atoms with Gasteiger partial charge in [0.25, 0.3) is 5.91 Å². The molecule has 1 N–H and O–H groups in total. The lowest BCUT2D eigenvalue weighted by atomic mass is 9.68. The zero-order chi connectivity index (χ0) is 25.4. The minimum atomic E-state index is -4.21. The van der Waals surface area contributed by atoms with Gasteiger partial charge in [0.2, 0.25) is 21.7 Å². The van der Waals surface area contributed by atoms with Gasteiger partial charge in [-0.2, -0.15) is 0 Å². The van der Waals surface area contributed by atoms with Gasteiger partial charge in [0, 0.05) is 31.2 Å². The number of carbonyl (C=O) groups is 1. The summed E-state index contributed by atoms with van der Waals surface area (Å²) in [5.74, 6) is -0.757. The highest BCUT2D eigenvalue weighted by atomic mass is 32.2. The molecule has 0 aromatic heterocycles. The number of methoxy groups -OCH3 is 1. The first kappa shape index (κ1) is 27.2. The molecule has 0 aromatic rings. The first-order valence-electron chi connectivity index (χ1n) is 13.2. The second-order valence-electron chi connectivity index (χ2n) is 11.7. The van der Waals surface area contributed by atoms with Crippen LogP contribution in [-0.2, 0) is 19.6 Å². The Hall–Kier alpha value is -0.870. The summed E-state index contributed by atoms with van der Waals surface area (Å²) in [7, 11) is -2.90. The molecular formula is C25H41F3N2O4S. The molecule has 0 aromatic carbocycles. The molecule has 10 heteroatoms. The van der Waals surface area contributed by atoms with Crippen LogP contribution in [0.4, 0.5) is 13.2 Å². The number of carbonyl (C=O) groups excluding carboxylic acids is 1. The predicted octanol–water partition coefficient (Wildman–Crippen LogP) is 4.29. The molecule has 1 amide bonds. The van der Waals surface area contributed by atoms with Crippen LogP contribution in [0, 0.1) is 23.2 Å². The molecule has 4 fully saturated rings. The fourth-order valence-electron chi connectivity index (χ4n) is 7.22. The molecule has 6 nitrogen and oxygen atoms in total. The van der Waals surface area contributed by atoms with Crippen molar-refractivity contribution in [1.29, 1.82) is 0 Å². The number of amides is 1. The number of nitrogens with one attached hydrogen (secondary N) is 1. The Morgan fingerprint density at radius 2 is 1.83 bits per heavy atom. The fourth-order valence-corrected chi connectivity index (χ4v) is 8.08. The number of sulfonamides is 1. The van der Waals surface area contributed by atoms with E-state index in [-0.39, 0.29) is 24.8 Å². The molecule has 3 saturated carbocycles. The molecule has 0 bridgehead atoms. The van der Waals surface area contributed by atoms with E-state index in [1.807, 2.05) is 0 Å². The molecule has 3 aliphatic carbocycles. The number of halogens is 3. The molecule has 35 heavy (non-hydrogen) atoms. The molecule has 1 aliphatic heterocycles. The topological polar surface area (TPSA) is 75.7 Å². The Balaban J connectivity index is 1.59. The van der Waals surface area contributed by atoms with Gasteiger partial charge >= 0.3 is 0 Å². The number of likely N-dealkylation sites (tertiary alicyclic amines) is 1. The van der Waals surface area contributed by atoms with E-state index in [9.17, 15) is 17.6 Å². The standard InChI is InChI=1S/C25H41F3N2O4S/c1-24(28,15-34-2)23(31)30-14-25(11-12-25)22(29-35(32,33)16-26)20(30)13-18-9-6-10-19(21(18)27)17-7-4-3-5-8-17/h17-22,29H,3-16H2,1-2H3/t18?,19?,20-,21?,22+,24?/m0/s1. The van der Waals surface area contributed by atoms with E-state index >= 15 is 8.78 Å². The number of hydrogen-bond donors (Lipinski definition) is 1. The zero-order valence-corrected chi connectivity index (χ0v) is 21.8. The van der Waals surface area contributed by atoms with Crippen molar-refractivity contribution in [2.24, 2.45) is 23.2 Å². The maximum absolute atomic E-state index is 16.0. The Bertz CT molecular complexity index is 861. The van der Waals surface area contributed by atoms with Gasteiger partial charge in [0.1, 0.15) is 6.17 Å². The number of rotatable bonds is 9. The highest BCUT2D eigenvalue weighted by molar-refractivity contribution is 7.89. The Kier molecular flexibility index (Phi) is 8.14. The summed E-state index contributed by atoms with van der Waals surface area (Å²) in [5, 5.41) is 0. The van der Waals surface area contributed by atoms with Crippen molar-refractivity contribution >= 4 is 15.9 Å². The predicted molar refractivity (Wildman–Crippen MR) is 127 cm³/mol. The normalized spacial score (nSPS) is 35.2. The molecule has 202 valence electrons. The van der Waals surface area contributed by atoms with Gasteiger partial charge < -0.3 is 9.64 Å². The summed E-state index contributed by atoms with van der Waals surface area (Å²) in [6.07, 6.45) is 8.50. The molecular weight excluding hydrogens is 481 g/mol. The molecule has 1 spiro atoms. The maximum Gasteiger partial charge on any atom is 0.262 e. The van der Waals surface area contributed by atoms with Crippen LogP contribution in [-0.4, -0.2) is 69.4 Å². The van der Waals surface area contributed by atoms with Gasteiger partial charge in [0.15, 0.2) is 0 Å². The number of nitrogens with zero attached hydrogens (tertiary/aromatic N) is 1. The van der Waals surface area contributed by atoms with Crippen LogP contribution < -0.4 is 4.72 Å². The average Bonchev–Trinajstić information content (AvgIpc) is 3.55. The van der Waals surface area contributed by atoms with Crippen molar-refractivity contribution in [2.45, 2.75) is 101 Å². The molecule has 6 atom stereocenters. The summed E-state index contributed by atoms with van der Waals surface area (Å²) in [6.45, 7) is 0.920. The van der Waals surface area contributed by atoms with E-state index < -0.39 is 57.9 Å². The third-order valence-corrected chi connectivity index (χ3v) is 10.1. The van der Waals surface area contributed by atoms with Crippen molar-refractivity contribution < 1.29 is 31.1 Å². The fraction of sp³-hybridized carbons (Fsp3) is 0.960. The van der Waals surface area contributed by atoms with Crippen molar-refractivity contribution in [3.8, 4) is 0 Å². The molecule has 1 heterocycles. The van der Waals surface area contributed by atoms with E-state index in [0.717, 1.165) is 45.4 Å². The second kappa shape index (κ2) is 10.5. The monoisotopic (exact) mass is 522 g/mol. The average molecular weight is 523 g/mol. The number of hydrogen-bond acceptors (Lipinski definition) is 4. The lowest BCUT2D eigenvalue weighted by molar-refractivity contribution is -0.148. The summed E-state index contributed by atoms with van der Waals surface area (Å²) < 4.78 is 76.4. The third-order valence-electron chi connectivity index (χ3n) is 9.17. The highest BCUT2D eigenvalue weighted by Gasteiger charge is 2.63. The van der Waals surface area contributed by atoms with Gasteiger partial charge in [-0.25, -0.2) is 26.3 Å². The smallest absolute Gasteiger partial charge is 0.262 e. The van der Waals surface area contributed by atoms with Gasteiger partial charge in [-0.15, -0.1) is 0 Å². The van der Waals surface area contributed by atoms with Crippen molar-refractivity contribution in [3.05, 3.63) is 0 Å². The van der Waals surface area contributed by atoms with Gasteiger partial charge in [-0.3, -0.25) is 4.79 Å². The minimum absolute atomic E-state index is 0.0181. The summed E-state index contributed by atoms with van der Waals surface area (Å²) in [4.78, 5) is 14.7. The van der Waals surface area contributed by atoms with E-state index in [1.54, 1.807) is 0 Å². The van der Waals surface area contributed by atoms with Crippen LogP contribution >= 0.6 is 0 Å². The van der Waals surface area contributed by atoms with E-state index in [1.165, 1.54) is 18.4 Å². The number of alkyl halides is 3. The van der Waals surface area contributed by atoms with Crippen molar-refractivity contribution in [2.75, 3.05) is 26.3 Å². The lowest BCUT2D eigenvalue weighted by Gasteiger charge is -2.42. The Morgan fingerprint density at radius 3 is 2.43 bits per heavy atom. The first-order chi connectivity index (χ1) is 16.5. The van der Waals surface area contributed by atoms with E-state index in [4.69, 9.17) is 4.74 Å². The van der Waals surface area contributed by atoms with Crippen LogP contribution in [0.5, 0.6) is 0 Å². The second-order valence-corrected chi connectivity index (χ2v) is 13.4. The third kappa shape index (κ3) is 5.69. The Labute approximate surface area is 207 Å². The molecule has 1 saturated heterocycles. The summed E-state index contributed by atoms with van der Waals surface area (Å²) >= 11 is 0. The van der Waals surface area contributed by atoms with Crippen LogP contribution in [0.25, 0.3) is 0 Å². The van der Waals surface area contributed by atoms with Crippen molar-refractivity contribution in [1.82, 2.24) is 9.62 Å². The van der Waals surface area contributed by atoms with Gasteiger partial charge in [-0.05, 0) is 56.8 Å². The quantitative estimate of drug-likeness (QED) is 0.490. The summed E-state index contributed by atoms with van der Waals surface area (Å²) in [6, 6.07) is -3.02. The van der Waals surface area contributed by atoms with Crippen LogP contribution in [0.15, 0.2) is 0 Å². The first-order valence-corrected chi connectivity index (χ1v) is 14.9. The lowest BCUT2D eigenvalue weighted by Crippen LogP contribution is -2.54. The van der Waals surface area contributed by atoms with Gasteiger partial charge in [-0.1, -0.05) is 38.5 Å². The van der Waals surface area contributed by atoms with E-state index in [0.29, 0.717) is 25.2 Å². The van der Waals surface area contributed by atoms with Crippen LogP contribution in [0.1, 0.15) is 77.6 Å². The Morgan fingerprint density at radius 1 is 1.14 bits per heavy atom. The van der Waals surface area contributed by atoms with Crippen LogP contribution in [0.2, 0.25) is 0 Å². The largest absolute Gasteiger partial charge is 0.381 e. The summed E-state index contributed by atoms with van der Waals surface area (Å²) in [5.41, 5.74) is -2.84. The van der Waals surface area contributed by atoms with Gasteiger partial charge in [0.05, 0.1) is 6.61 Å². The maximum atomic E-state index is 16.0. The van der Waals surface area contributed by atoms with E-state index in [2.05, 4.69) is 4.72 Å². The zero-order valence-electron chi connectivity index (χ0n) is 21.0.